The van der Waals surface area contributed by atoms with E-state index in [2.05, 4.69) is 5.32 Å². The highest BCUT2D eigenvalue weighted by Gasteiger charge is 2.34. The van der Waals surface area contributed by atoms with Gasteiger partial charge in [-0.15, -0.1) is 0 Å². The summed E-state index contributed by atoms with van der Waals surface area (Å²) < 4.78 is 25.1. The summed E-state index contributed by atoms with van der Waals surface area (Å²) in [5, 5.41) is 12.1. The number of carbonyl (C=O) groups excluding carboxylic acids is 2. The van der Waals surface area contributed by atoms with Gasteiger partial charge in [0.15, 0.2) is 6.61 Å². The van der Waals surface area contributed by atoms with Crippen molar-refractivity contribution in [3.05, 3.63) is 52.3 Å². The lowest BCUT2D eigenvalue weighted by atomic mass is 9.99. The minimum absolute atomic E-state index is 0.0493. The molecule has 2 aromatic rings. The van der Waals surface area contributed by atoms with Crippen molar-refractivity contribution in [3.63, 3.8) is 0 Å². The first-order valence-electron chi connectivity index (χ1n) is 8.82. The van der Waals surface area contributed by atoms with Crippen LogP contribution in [0.4, 0.5) is 10.1 Å². The number of carbonyl (C=O) groups is 2. The van der Waals surface area contributed by atoms with Crippen LogP contribution < -0.4 is 14.8 Å². The van der Waals surface area contributed by atoms with E-state index < -0.39 is 11.7 Å². The maximum absolute atomic E-state index is 14.3. The molecule has 0 atom stereocenters. The van der Waals surface area contributed by atoms with E-state index >= 15 is 0 Å². The third-order valence-corrected chi connectivity index (χ3v) is 4.95. The molecule has 1 saturated heterocycles. The smallest absolute Gasteiger partial charge is 0.262 e. The summed E-state index contributed by atoms with van der Waals surface area (Å²) in [5.41, 5.74) is 0.522. The Bertz CT molecular complexity index is 1050. The topological polar surface area (TPSA) is 91.7 Å². The van der Waals surface area contributed by atoms with Crippen LogP contribution in [0.15, 0.2) is 30.3 Å². The van der Waals surface area contributed by atoms with E-state index in [0.29, 0.717) is 36.0 Å². The van der Waals surface area contributed by atoms with Crippen LogP contribution in [0.3, 0.4) is 0 Å². The average Bonchev–Trinajstić information content (AvgIpc) is 2.66. The summed E-state index contributed by atoms with van der Waals surface area (Å²) in [7, 11) is 0. The number of amides is 2. The minimum atomic E-state index is -0.706. The lowest BCUT2D eigenvalue weighted by Gasteiger charge is -2.39. The molecular formula is C20H15ClFN3O4. The van der Waals surface area contributed by atoms with E-state index in [1.165, 1.54) is 11.0 Å². The highest BCUT2D eigenvalue weighted by atomic mass is 35.5. The maximum Gasteiger partial charge on any atom is 0.262 e. The van der Waals surface area contributed by atoms with Crippen molar-refractivity contribution in [1.82, 2.24) is 4.90 Å². The highest BCUT2D eigenvalue weighted by Crippen LogP contribution is 2.32. The summed E-state index contributed by atoms with van der Waals surface area (Å²) in [6.07, 6.45) is 0. The molecule has 2 heterocycles. The normalized spacial score (nSPS) is 15.5. The zero-order chi connectivity index (χ0) is 20.5. The van der Waals surface area contributed by atoms with Crippen LogP contribution in [0.2, 0.25) is 5.02 Å². The lowest BCUT2D eigenvalue weighted by Crippen LogP contribution is -2.52. The van der Waals surface area contributed by atoms with Crippen LogP contribution in [0.5, 0.6) is 11.5 Å². The highest BCUT2D eigenvalue weighted by molar-refractivity contribution is 6.30. The molecule has 148 valence electrons. The van der Waals surface area contributed by atoms with Crippen molar-refractivity contribution >= 4 is 29.1 Å². The molecule has 2 aliphatic heterocycles. The Morgan fingerprint density at radius 2 is 2.17 bits per heavy atom. The Morgan fingerprint density at radius 3 is 2.93 bits per heavy atom. The Morgan fingerprint density at radius 1 is 1.38 bits per heavy atom. The quantitative estimate of drug-likeness (QED) is 0.829. The second-order valence-electron chi connectivity index (χ2n) is 6.80. The molecule has 0 aliphatic carbocycles. The molecule has 7 nitrogen and oxygen atoms in total. The van der Waals surface area contributed by atoms with Gasteiger partial charge in [0, 0.05) is 36.2 Å². The van der Waals surface area contributed by atoms with Crippen LogP contribution in [0.25, 0.3) is 0 Å². The number of halogens is 2. The fourth-order valence-electron chi connectivity index (χ4n) is 3.19. The Kier molecular flexibility index (Phi) is 4.99. The molecule has 1 N–H and O–H groups in total. The zero-order valence-electron chi connectivity index (χ0n) is 15.1. The Labute approximate surface area is 170 Å². The van der Waals surface area contributed by atoms with E-state index in [1.807, 2.05) is 6.07 Å². The molecule has 0 radical (unpaired) electrons. The number of likely N-dealkylation sites (tertiary alicyclic amines) is 1. The minimum Gasteiger partial charge on any atom is -0.492 e. The molecule has 2 amide bonds. The number of hydrogen-bond donors (Lipinski definition) is 1. The van der Waals surface area contributed by atoms with Gasteiger partial charge in [-0.05, 0) is 18.2 Å². The third-order valence-electron chi connectivity index (χ3n) is 4.72. The number of ether oxygens (including phenoxy) is 2. The van der Waals surface area contributed by atoms with Crippen LogP contribution >= 0.6 is 11.6 Å². The van der Waals surface area contributed by atoms with Gasteiger partial charge in [0.2, 0.25) is 0 Å². The molecule has 0 aromatic heterocycles. The van der Waals surface area contributed by atoms with E-state index in [0.717, 1.165) is 6.07 Å². The molecule has 2 aliphatic rings. The predicted octanol–water partition coefficient (Wildman–Crippen LogP) is 2.83. The van der Waals surface area contributed by atoms with E-state index in [1.54, 1.807) is 18.2 Å². The number of rotatable bonds is 4. The van der Waals surface area contributed by atoms with Crippen LogP contribution in [-0.2, 0) is 4.79 Å². The van der Waals surface area contributed by atoms with Gasteiger partial charge in [-0.25, -0.2) is 4.39 Å². The second-order valence-corrected chi connectivity index (χ2v) is 7.24. The number of anilines is 1. The number of nitrogens with zero attached hydrogens (tertiary/aromatic N) is 2. The average molecular weight is 416 g/mol. The summed E-state index contributed by atoms with van der Waals surface area (Å²) >= 11 is 5.93. The Hall–Kier alpha value is -3.31. The predicted molar refractivity (Wildman–Crippen MR) is 102 cm³/mol. The van der Waals surface area contributed by atoms with Crippen LogP contribution in [0.1, 0.15) is 15.9 Å². The second kappa shape index (κ2) is 7.60. The van der Waals surface area contributed by atoms with Gasteiger partial charge in [0.1, 0.15) is 23.4 Å². The zero-order valence-corrected chi connectivity index (χ0v) is 15.8. The Balaban J connectivity index is 1.37. The van der Waals surface area contributed by atoms with Gasteiger partial charge in [0.05, 0.1) is 23.4 Å². The summed E-state index contributed by atoms with van der Waals surface area (Å²) in [6.45, 7) is 0.893. The van der Waals surface area contributed by atoms with Gasteiger partial charge in [0.25, 0.3) is 11.8 Å². The summed E-state index contributed by atoms with van der Waals surface area (Å²) in [4.78, 5) is 25.5. The van der Waals surface area contributed by atoms with Crippen LogP contribution in [-0.4, -0.2) is 43.0 Å². The first kappa shape index (κ1) is 19.0. The number of nitriles is 1. The van der Waals surface area contributed by atoms with Crippen molar-refractivity contribution in [3.8, 4) is 17.6 Å². The molecule has 1 fully saturated rings. The van der Waals surface area contributed by atoms with Gasteiger partial charge in [-0.1, -0.05) is 11.6 Å². The van der Waals surface area contributed by atoms with Gasteiger partial charge in [-0.3, -0.25) is 9.59 Å². The first-order chi connectivity index (χ1) is 13.9. The molecular weight excluding hydrogens is 401 g/mol. The van der Waals surface area contributed by atoms with Crippen molar-refractivity contribution in [1.29, 1.82) is 5.26 Å². The fraction of sp³-hybridized carbons (Fsp3) is 0.250. The molecule has 2 aromatic carbocycles. The van der Waals surface area contributed by atoms with Crippen LogP contribution in [0, 0.1) is 23.1 Å². The van der Waals surface area contributed by atoms with Gasteiger partial charge in [-0.2, -0.15) is 5.26 Å². The van der Waals surface area contributed by atoms with Crippen molar-refractivity contribution in [2.24, 2.45) is 5.92 Å². The lowest BCUT2D eigenvalue weighted by molar-refractivity contribution is -0.118. The number of fused-ring (bicyclic) bond motifs is 1. The molecule has 9 heteroatoms. The number of hydrogen-bond acceptors (Lipinski definition) is 5. The fourth-order valence-corrected chi connectivity index (χ4v) is 3.35. The largest absolute Gasteiger partial charge is 0.492 e. The van der Waals surface area contributed by atoms with Crippen molar-refractivity contribution < 1.29 is 23.5 Å². The third kappa shape index (κ3) is 3.82. The summed E-state index contributed by atoms with van der Waals surface area (Å²) in [6, 6.07) is 9.19. The summed E-state index contributed by atoms with van der Waals surface area (Å²) in [5.74, 6) is -0.900. The standard InChI is InChI=1S/C20H15ClFN3O4/c21-13-2-1-12(6-23)17(3-13)28-9-11-7-25(8-11)20(27)14-4-16-18(5-15(14)22)29-10-19(26)24-16/h1-5,11H,7-10H2,(H,24,26). The SMILES string of the molecule is N#Cc1ccc(Cl)cc1OCC1CN(C(=O)c2cc3c(cc2F)OCC(=O)N3)C1. The number of nitrogens with one attached hydrogen (secondary N) is 1. The van der Waals surface area contributed by atoms with E-state index in [9.17, 15) is 14.0 Å². The number of benzene rings is 2. The van der Waals surface area contributed by atoms with E-state index in [-0.39, 0.29) is 35.4 Å². The van der Waals surface area contributed by atoms with Crippen molar-refractivity contribution in [2.75, 3.05) is 31.6 Å². The van der Waals surface area contributed by atoms with Gasteiger partial charge >= 0.3 is 0 Å². The molecule has 4 rings (SSSR count). The monoisotopic (exact) mass is 415 g/mol. The maximum atomic E-state index is 14.3. The molecule has 0 bridgehead atoms. The van der Waals surface area contributed by atoms with Gasteiger partial charge < -0.3 is 19.7 Å². The van der Waals surface area contributed by atoms with Crippen molar-refractivity contribution in [2.45, 2.75) is 0 Å². The molecule has 0 spiro atoms. The molecule has 0 unspecified atom stereocenters. The molecule has 29 heavy (non-hydrogen) atoms. The first-order valence-corrected chi connectivity index (χ1v) is 9.20. The molecule has 0 saturated carbocycles. The van der Waals surface area contributed by atoms with E-state index in [4.69, 9.17) is 26.3 Å².